The molecule has 0 amide bonds. The Morgan fingerprint density at radius 2 is 2.12 bits per heavy atom. The van der Waals surface area contributed by atoms with Gasteiger partial charge in [0.05, 0.1) is 11.2 Å². The lowest BCUT2D eigenvalue weighted by Crippen LogP contribution is -2.03. The molecule has 0 heterocycles. The van der Waals surface area contributed by atoms with Gasteiger partial charge in [-0.2, -0.15) is 5.10 Å². The van der Waals surface area contributed by atoms with E-state index in [9.17, 15) is 0 Å². The van der Waals surface area contributed by atoms with Crippen LogP contribution in [0, 0.1) is 0 Å². The SMILES string of the molecule is CS/C(N)=N/N=C/c1ccc(Cl)cc1Cl.I. The number of nitrogens with two attached hydrogens (primary N) is 1. The lowest BCUT2D eigenvalue weighted by molar-refractivity contribution is 1.25. The first kappa shape index (κ1) is 16.0. The third-order valence-electron chi connectivity index (χ3n) is 1.52. The summed E-state index contributed by atoms with van der Waals surface area (Å²) in [4.78, 5) is 0. The van der Waals surface area contributed by atoms with Crippen molar-refractivity contribution in [3.63, 3.8) is 0 Å². The molecule has 1 aromatic carbocycles. The molecule has 0 aromatic heterocycles. The summed E-state index contributed by atoms with van der Waals surface area (Å²) in [5.74, 6) is 0. The monoisotopic (exact) mass is 389 g/mol. The van der Waals surface area contributed by atoms with E-state index in [-0.39, 0.29) is 24.0 Å². The van der Waals surface area contributed by atoms with Crippen molar-refractivity contribution in [1.29, 1.82) is 0 Å². The highest BCUT2D eigenvalue weighted by Crippen LogP contribution is 2.19. The van der Waals surface area contributed by atoms with Gasteiger partial charge in [-0.1, -0.05) is 41.0 Å². The van der Waals surface area contributed by atoms with E-state index in [4.69, 9.17) is 28.9 Å². The Morgan fingerprint density at radius 3 is 2.69 bits per heavy atom. The minimum absolute atomic E-state index is 0. The van der Waals surface area contributed by atoms with Gasteiger partial charge in [0.2, 0.25) is 0 Å². The Kier molecular flexibility index (Phi) is 8.17. The predicted molar refractivity (Wildman–Crippen MR) is 84.6 cm³/mol. The summed E-state index contributed by atoms with van der Waals surface area (Å²) in [6.07, 6.45) is 3.35. The second-order valence-corrected chi connectivity index (χ2v) is 4.22. The number of hydrogen-bond donors (Lipinski definition) is 1. The van der Waals surface area contributed by atoms with Gasteiger partial charge >= 0.3 is 0 Å². The first-order chi connectivity index (χ1) is 7.13. The second-order valence-electron chi connectivity index (χ2n) is 2.55. The lowest BCUT2D eigenvalue weighted by Gasteiger charge is -1.96. The minimum Gasteiger partial charge on any atom is -0.377 e. The van der Waals surface area contributed by atoms with Crippen LogP contribution in [0.2, 0.25) is 10.0 Å². The van der Waals surface area contributed by atoms with Crippen LogP contribution >= 0.6 is 58.9 Å². The number of nitrogens with zero attached hydrogens (tertiary/aromatic N) is 2. The van der Waals surface area contributed by atoms with Crippen molar-refractivity contribution < 1.29 is 0 Å². The summed E-state index contributed by atoms with van der Waals surface area (Å²) >= 11 is 13.0. The molecule has 2 N–H and O–H groups in total. The molecule has 0 saturated carbocycles. The van der Waals surface area contributed by atoms with Crippen LogP contribution in [0.3, 0.4) is 0 Å². The van der Waals surface area contributed by atoms with Gasteiger partial charge in [0.25, 0.3) is 0 Å². The molecule has 0 saturated heterocycles. The van der Waals surface area contributed by atoms with E-state index in [0.717, 1.165) is 5.56 Å². The molecule has 0 radical (unpaired) electrons. The second kappa shape index (κ2) is 8.16. The molecule has 0 atom stereocenters. The largest absolute Gasteiger partial charge is 0.377 e. The zero-order valence-electron chi connectivity index (χ0n) is 8.35. The highest BCUT2D eigenvalue weighted by atomic mass is 127. The molecule has 0 bridgehead atoms. The van der Waals surface area contributed by atoms with Gasteiger partial charge in [-0.15, -0.1) is 29.1 Å². The Bertz CT molecular complexity index is 410. The molecule has 16 heavy (non-hydrogen) atoms. The lowest BCUT2D eigenvalue weighted by atomic mass is 10.2. The smallest absolute Gasteiger partial charge is 0.180 e. The quantitative estimate of drug-likeness (QED) is 0.363. The molecular weight excluding hydrogens is 380 g/mol. The third kappa shape index (κ3) is 5.38. The van der Waals surface area contributed by atoms with Crippen molar-refractivity contribution in [2.75, 3.05) is 6.26 Å². The van der Waals surface area contributed by atoms with Crippen molar-refractivity contribution in [2.45, 2.75) is 0 Å². The standard InChI is InChI=1S/C9H9Cl2N3S.HI/c1-15-9(12)14-13-5-6-2-3-7(10)4-8(6)11;/h2-5H,1H3,(H2,12,14);1H/b13-5+;. The van der Waals surface area contributed by atoms with Crippen LogP contribution in [0.5, 0.6) is 0 Å². The van der Waals surface area contributed by atoms with Crippen molar-refractivity contribution in [1.82, 2.24) is 0 Å². The molecule has 3 nitrogen and oxygen atoms in total. The topological polar surface area (TPSA) is 50.7 Å². The Morgan fingerprint density at radius 1 is 1.44 bits per heavy atom. The van der Waals surface area contributed by atoms with Gasteiger partial charge in [-0.3, -0.25) is 0 Å². The molecule has 1 aromatic rings. The highest BCUT2D eigenvalue weighted by Gasteiger charge is 1.97. The Balaban J connectivity index is 0.00000225. The fourth-order valence-corrected chi connectivity index (χ4v) is 1.38. The van der Waals surface area contributed by atoms with Gasteiger partial charge < -0.3 is 5.73 Å². The predicted octanol–water partition coefficient (Wildman–Crippen LogP) is 3.62. The molecule has 7 heteroatoms. The summed E-state index contributed by atoms with van der Waals surface area (Å²) in [6.45, 7) is 0. The van der Waals surface area contributed by atoms with Crippen molar-refractivity contribution in [2.24, 2.45) is 15.9 Å². The molecule has 0 aliphatic carbocycles. The summed E-state index contributed by atoms with van der Waals surface area (Å²) in [7, 11) is 0. The molecule has 0 aliphatic rings. The van der Waals surface area contributed by atoms with Gasteiger partial charge in [-0.05, 0) is 18.4 Å². The zero-order chi connectivity index (χ0) is 11.3. The summed E-state index contributed by atoms with van der Waals surface area (Å²) in [5, 5.41) is 9.05. The third-order valence-corrected chi connectivity index (χ3v) is 2.59. The average Bonchev–Trinajstić information content (AvgIpc) is 2.21. The van der Waals surface area contributed by atoms with Crippen LogP contribution < -0.4 is 5.73 Å². The molecule has 0 aliphatic heterocycles. The van der Waals surface area contributed by atoms with Crippen LogP contribution in [0.1, 0.15) is 5.56 Å². The van der Waals surface area contributed by atoms with Crippen molar-refractivity contribution >= 4 is 70.3 Å². The first-order valence-corrected chi connectivity index (χ1v) is 5.97. The maximum Gasteiger partial charge on any atom is 0.180 e. The fourth-order valence-electron chi connectivity index (χ4n) is 0.795. The van der Waals surface area contributed by atoms with Crippen LogP contribution in [0.15, 0.2) is 28.4 Å². The van der Waals surface area contributed by atoms with Crippen molar-refractivity contribution in [3.8, 4) is 0 Å². The molecule has 1 rings (SSSR count). The average molecular weight is 390 g/mol. The number of thioether (sulfide) groups is 1. The summed E-state index contributed by atoms with van der Waals surface area (Å²) in [5.41, 5.74) is 6.19. The number of hydrogen-bond acceptors (Lipinski definition) is 3. The maximum absolute atomic E-state index is 5.92. The van der Waals surface area contributed by atoms with Gasteiger partial charge in [0.1, 0.15) is 0 Å². The molecule has 0 unspecified atom stereocenters. The molecule has 0 fully saturated rings. The van der Waals surface area contributed by atoms with E-state index in [1.807, 2.05) is 6.26 Å². The van der Waals surface area contributed by atoms with Crippen LogP contribution in [-0.2, 0) is 0 Å². The molecular formula is C9H10Cl2IN3S. The van der Waals surface area contributed by atoms with Crippen LogP contribution in [-0.4, -0.2) is 17.6 Å². The van der Waals surface area contributed by atoms with E-state index < -0.39 is 0 Å². The number of halogens is 3. The number of rotatable bonds is 2. The van der Waals surface area contributed by atoms with E-state index in [1.165, 1.54) is 18.0 Å². The molecule has 0 spiro atoms. The van der Waals surface area contributed by atoms with E-state index in [2.05, 4.69) is 10.2 Å². The number of benzene rings is 1. The summed E-state index contributed by atoms with van der Waals surface area (Å²) < 4.78 is 0. The number of amidine groups is 1. The fraction of sp³-hybridized carbons (Fsp3) is 0.111. The Labute approximate surface area is 126 Å². The normalized spacial score (nSPS) is 11.6. The van der Waals surface area contributed by atoms with Gasteiger partial charge in [0, 0.05) is 10.6 Å². The first-order valence-electron chi connectivity index (χ1n) is 3.99. The minimum atomic E-state index is 0. The molecule has 88 valence electrons. The van der Waals surface area contributed by atoms with Crippen LogP contribution in [0.4, 0.5) is 0 Å². The van der Waals surface area contributed by atoms with E-state index in [1.54, 1.807) is 18.2 Å². The zero-order valence-corrected chi connectivity index (χ0v) is 13.0. The van der Waals surface area contributed by atoms with Gasteiger partial charge in [-0.25, -0.2) is 0 Å². The van der Waals surface area contributed by atoms with Crippen LogP contribution in [0.25, 0.3) is 0 Å². The van der Waals surface area contributed by atoms with E-state index >= 15 is 0 Å². The highest BCUT2D eigenvalue weighted by molar-refractivity contribution is 14.0. The van der Waals surface area contributed by atoms with E-state index in [0.29, 0.717) is 15.2 Å². The van der Waals surface area contributed by atoms with Crippen molar-refractivity contribution in [3.05, 3.63) is 33.8 Å². The maximum atomic E-state index is 5.92. The summed E-state index contributed by atoms with van der Waals surface area (Å²) in [6, 6.07) is 5.14. The van der Waals surface area contributed by atoms with Gasteiger partial charge in [0.15, 0.2) is 5.17 Å². The Hall–Kier alpha value is 0.0200.